The third kappa shape index (κ3) is 4.19. The average Bonchev–Trinajstić information content (AvgIpc) is 2.51. The minimum Gasteiger partial charge on any atom is -0.449 e. The van der Waals surface area contributed by atoms with Gasteiger partial charge in [0.05, 0.1) is 5.56 Å². The Balaban J connectivity index is 2.06. The molecule has 5 nitrogen and oxygen atoms in total. The van der Waals surface area contributed by atoms with Gasteiger partial charge in [0.25, 0.3) is 5.91 Å². The van der Waals surface area contributed by atoms with E-state index in [1.807, 2.05) is 0 Å². The number of hydrogen-bond donors (Lipinski definition) is 2. The van der Waals surface area contributed by atoms with E-state index in [0.717, 1.165) is 5.56 Å². The molecule has 2 rings (SSSR count). The Labute approximate surface area is 149 Å². The molecular formula is C17H16Cl2N2O3. The fraction of sp³-hybridized carbons (Fsp3) is 0.176. The highest BCUT2D eigenvalue weighted by atomic mass is 35.5. The molecule has 0 saturated heterocycles. The molecule has 24 heavy (non-hydrogen) atoms. The normalized spacial score (nSPS) is 11.7. The van der Waals surface area contributed by atoms with E-state index in [4.69, 9.17) is 33.7 Å². The number of carbonyl (C=O) groups is 2. The molecule has 2 aromatic carbocycles. The monoisotopic (exact) mass is 366 g/mol. The van der Waals surface area contributed by atoms with Gasteiger partial charge in [-0.2, -0.15) is 0 Å². The minimum atomic E-state index is -1.01. The zero-order chi connectivity index (χ0) is 17.9. The van der Waals surface area contributed by atoms with Crippen LogP contribution in [0.2, 0.25) is 10.0 Å². The lowest BCUT2D eigenvalue weighted by Gasteiger charge is -2.15. The van der Waals surface area contributed by atoms with Gasteiger partial charge in [-0.3, -0.25) is 4.79 Å². The van der Waals surface area contributed by atoms with E-state index in [9.17, 15) is 9.59 Å². The number of benzene rings is 2. The van der Waals surface area contributed by atoms with Crippen LogP contribution in [0.4, 0.5) is 11.4 Å². The quantitative estimate of drug-likeness (QED) is 0.631. The van der Waals surface area contributed by atoms with Crippen LogP contribution >= 0.6 is 23.2 Å². The molecule has 0 bridgehead atoms. The molecular weight excluding hydrogens is 351 g/mol. The molecule has 0 unspecified atom stereocenters. The van der Waals surface area contributed by atoms with Gasteiger partial charge in [0, 0.05) is 21.4 Å². The second-order valence-electron chi connectivity index (χ2n) is 5.18. The molecule has 0 aromatic heterocycles. The maximum atomic E-state index is 12.2. The first-order chi connectivity index (χ1) is 11.3. The summed E-state index contributed by atoms with van der Waals surface area (Å²) in [7, 11) is 0. The first-order valence-corrected chi connectivity index (χ1v) is 7.87. The number of nitrogens with one attached hydrogen (secondary N) is 1. The number of anilines is 2. The van der Waals surface area contributed by atoms with E-state index in [1.54, 1.807) is 25.1 Å². The molecule has 1 amide bonds. The van der Waals surface area contributed by atoms with Crippen LogP contribution in [0.25, 0.3) is 0 Å². The fourth-order valence-electron chi connectivity index (χ4n) is 1.97. The topological polar surface area (TPSA) is 81.4 Å². The zero-order valence-electron chi connectivity index (χ0n) is 13.1. The second-order valence-corrected chi connectivity index (χ2v) is 6.02. The Morgan fingerprint density at radius 2 is 1.92 bits per heavy atom. The Morgan fingerprint density at radius 1 is 1.21 bits per heavy atom. The van der Waals surface area contributed by atoms with Crippen molar-refractivity contribution < 1.29 is 14.3 Å². The highest BCUT2D eigenvalue weighted by molar-refractivity contribution is 6.32. The molecule has 126 valence electrons. The Kier molecular flexibility index (Phi) is 5.70. The van der Waals surface area contributed by atoms with Crippen molar-refractivity contribution in [1.82, 2.24) is 0 Å². The molecule has 0 saturated carbocycles. The molecule has 3 N–H and O–H groups in total. The van der Waals surface area contributed by atoms with E-state index in [-0.39, 0.29) is 11.3 Å². The van der Waals surface area contributed by atoms with Gasteiger partial charge in [-0.15, -0.1) is 0 Å². The summed E-state index contributed by atoms with van der Waals surface area (Å²) in [5.74, 6) is -1.17. The lowest BCUT2D eigenvalue weighted by atomic mass is 10.2. The number of rotatable bonds is 4. The smallest absolute Gasteiger partial charge is 0.341 e. The van der Waals surface area contributed by atoms with Gasteiger partial charge in [-0.25, -0.2) is 4.79 Å². The second kappa shape index (κ2) is 7.55. The predicted molar refractivity (Wildman–Crippen MR) is 95.6 cm³/mol. The average molecular weight is 367 g/mol. The summed E-state index contributed by atoms with van der Waals surface area (Å²) in [5, 5.41) is 3.62. The van der Waals surface area contributed by atoms with Gasteiger partial charge in [0.2, 0.25) is 0 Å². The van der Waals surface area contributed by atoms with E-state index >= 15 is 0 Å². The van der Waals surface area contributed by atoms with Crippen LogP contribution in [-0.4, -0.2) is 18.0 Å². The van der Waals surface area contributed by atoms with Crippen molar-refractivity contribution >= 4 is 46.5 Å². The van der Waals surface area contributed by atoms with Crippen molar-refractivity contribution in [1.29, 1.82) is 0 Å². The summed E-state index contributed by atoms with van der Waals surface area (Å²) in [6.45, 7) is 3.25. The van der Waals surface area contributed by atoms with Gasteiger partial charge < -0.3 is 15.8 Å². The van der Waals surface area contributed by atoms with Crippen LogP contribution in [0, 0.1) is 6.92 Å². The number of nitrogen functional groups attached to an aromatic ring is 1. The Morgan fingerprint density at radius 3 is 2.58 bits per heavy atom. The van der Waals surface area contributed by atoms with Crippen molar-refractivity contribution in [3.63, 3.8) is 0 Å². The van der Waals surface area contributed by atoms with Crippen LogP contribution in [0.15, 0.2) is 36.4 Å². The fourth-order valence-corrected chi connectivity index (χ4v) is 2.33. The first-order valence-electron chi connectivity index (χ1n) is 7.11. The lowest BCUT2D eigenvalue weighted by molar-refractivity contribution is -0.123. The summed E-state index contributed by atoms with van der Waals surface area (Å²) in [4.78, 5) is 24.3. The third-order valence-electron chi connectivity index (χ3n) is 3.41. The third-order valence-corrected chi connectivity index (χ3v) is 4.06. The molecule has 0 aliphatic carbocycles. The van der Waals surface area contributed by atoms with Crippen LogP contribution in [-0.2, 0) is 9.53 Å². The van der Waals surface area contributed by atoms with Gasteiger partial charge >= 0.3 is 5.97 Å². The van der Waals surface area contributed by atoms with Gasteiger partial charge in [-0.1, -0.05) is 29.3 Å². The van der Waals surface area contributed by atoms with Crippen molar-refractivity contribution in [2.24, 2.45) is 0 Å². The van der Waals surface area contributed by atoms with Gasteiger partial charge in [0.1, 0.15) is 0 Å². The molecule has 0 fully saturated rings. The molecule has 2 aromatic rings. The van der Waals surface area contributed by atoms with Crippen LogP contribution in [0.1, 0.15) is 22.8 Å². The van der Waals surface area contributed by atoms with Crippen molar-refractivity contribution in [2.45, 2.75) is 20.0 Å². The summed E-state index contributed by atoms with van der Waals surface area (Å²) in [5.41, 5.74) is 7.36. The van der Waals surface area contributed by atoms with Gasteiger partial charge in [-0.05, 0) is 49.7 Å². The molecule has 7 heteroatoms. The minimum absolute atomic E-state index is 0.151. The Bertz CT molecular complexity index is 793. The summed E-state index contributed by atoms with van der Waals surface area (Å²) in [6, 6.07) is 9.57. The number of amides is 1. The SMILES string of the molecule is Cc1c(Cl)cccc1NC(=O)[C@@H](C)OC(=O)c1ccc(Cl)cc1N. The maximum Gasteiger partial charge on any atom is 0.341 e. The number of hydrogen-bond acceptors (Lipinski definition) is 4. The molecule has 0 spiro atoms. The molecule has 0 aliphatic rings. The van der Waals surface area contributed by atoms with Gasteiger partial charge in [0.15, 0.2) is 6.10 Å². The van der Waals surface area contributed by atoms with Crippen molar-refractivity contribution in [2.75, 3.05) is 11.1 Å². The molecule has 1 atom stereocenters. The molecule has 0 aliphatic heterocycles. The van der Waals surface area contributed by atoms with Crippen molar-refractivity contribution in [3.05, 3.63) is 57.6 Å². The summed E-state index contributed by atoms with van der Waals surface area (Å²) < 4.78 is 5.15. The highest BCUT2D eigenvalue weighted by Gasteiger charge is 2.21. The number of ether oxygens (including phenoxy) is 1. The largest absolute Gasteiger partial charge is 0.449 e. The number of esters is 1. The van der Waals surface area contributed by atoms with Crippen LogP contribution < -0.4 is 11.1 Å². The highest BCUT2D eigenvalue weighted by Crippen LogP contribution is 2.23. The summed E-state index contributed by atoms with van der Waals surface area (Å²) >= 11 is 11.8. The standard InChI is InChI=1S/C17H16Cl2N2O3/c1-9-13(19)4-3-5-15(9)21-16(22)10(2)24-17(23)12-7-6-11(18)8-14(12)20/h3-8,10H,20H2,1-2H3,(H,21,22)/t10-/m1/s1. The lowest BCUT2D eigenvalue weighted by Crippen LogP contribution is -2.30. The Hall–Kier alpha value is -2.24. The van der Waals surface area contributed by atoms with E-state index in [2.05, 4.69) is 5.32 Å². The molecule has 0 radical (unpaired) electrons. The predicted octanol–water partition coefficient (Wildman–Crippen LogP) is 4.07. The zero-order valence-corrected chi connectivity index (χ0v) is 14.6. The number of halogens is 2. The first kappa shape index (κ1) is 18.1. The van der Waals surface area contributed by atoms with Crippen LogP contribution in [0.3, 0.4) is 0 Å². The van der Waals surface area contributed by atoms with E-state index in [1.165, 1.54) is 25.1 Å². The van der Waals surface area contributed by atoms with E-state index < -0.39 is 18.0 Å². The van der Waals surface area contributed by atoms with Crippen molar-refractivity contribution in [3.8, 4) is 0 Å². The van der Waals surface area contributed by atoms with Crippen LogP contribution in [0.5, 0.6) is 0 Å². The summed E-state index contributed by atoms with van der Waals surface area (Å²) in [6.07, 6.45) is -1.01. The maximum absolute atomic E-state index is 12.2. The van der Waals surface area contributed by atoms with E-state index in [0.29, 0.717) is 15.7 Å². The number of carbonyl (C=O) groups excluding carboxylic acids is 2. The molecule has 0 heterocycles. The number of nitrogens with two attached hydrogens (primary N) is 1.